The third-order valence-electron chi connectivity index (χ3n) is 6.74. The summed E-state index contributed by atoms with van der Waals surface area (Å²) in [4.78, 5) is 51.6. The average molecular weight is 655 g/mol. The lowest BCUT2D eigenvalue weighted by molar-refractivity contribution is -0.115. The van der Waals surface area contributed by atoms with Crippen LogP contribution in [0.3, 0.4) is 0 Å². The molecular formula is C35H34N4O7S. The molecule has 4 aromatic rings. The van der Waals surface area contributed by atoms with Gasteiger partial charge < -0.3 is 35.9 Å². The number of primary amides is 1. The summed E-state index contributed by atoms with van der Waals surface area (Å²) in [5.74, 6) is -0.750. The van der Waals surface area contributed by atoms with Crippen molar-refractivity contribution in [3.8, 4) is 17.2 Å². The van der Waals surface area contributed by atoms with Crippen LogP contribution in [0, 0.1) is 0 Å². The fourth-order valence-electron chi connectivity index (χ4n) is 4.36. The summed E-state index contributed by atoms with van der Waals surface area (Å²) >= 11 is 1.29. The van der Waals surface area contributed by atoms with Gasteiger partial charge in [0.25, 0.3) is 11.8 Å². The third kappa shape index (κ3) is 9.14. The molecule has 4 amide bonds. The van der Waals surface area contributed by atoms with Gasteiger partial charge in [0.2, 0.25) is 17.6 Å². The van der Waals surface area contributed by atoms with Crippen molar-refractivity contribution in [1.82, 2.24) is 5.32 Å². The number of anilines is 2. The Morgan fingerprint density at radius 3 is 2.00 bits per heavy atom. The van der Waals surface area contributed by atoms with Crippen molar-refractivity contribution >= 4 is 52.8 Å². The normalized spacial score (nSPS) is 11.5. The first-order valence-corrected chi connectivity index (χ1v) is 15.2. The molecule has 0 heterocycles. The second-order valence-corrected chi connectivity index (χ2v) is 11.4. The summed E-state index contributed by atoms with van der Waals surface area (Å²) < 4.78 is 16.3. The van der Waals surface area contributed by atoms with Crippen LogP contribution >= 0.6 is 11.8 Å². The molecule has 11 nitrogen and oxygen atoms in total. The zero-order valence-electron chi connectivity index (χ0n) is 26.2. The molecule has 0 aliphatic carbocycles. The lowest BCUT2D eigenvalue weighted by Gasteiger charge is -2.15. The van der Waals surface area contributed by atoms with Gasteiger partial charge >= 0.3 is 0 Å². The van der Waals surface area contributed by atoms with Crippen molar-refractivity contribution in [3.05, 3.63) is 113 Å². The van der Waals surface area contributed by atoms with Crippen molar-refractivity contribution in [2.75, 3.05) is 32.0 Å². The van der Waals surface area contributed by atoms with E-state index in [1.165, 1.54) is 51.3 Å². The molecule has 242 valence electrons. The molecule has 0 bridgehead atoms. The molecule has 0 saturated carbocycles. The van der Waals surface area contributed by atoms with Crippen molar-refractivity contribution in [1.29, 1.82) is 0 Å². The molecule has 0 radical (unpaired) electrons. The standard InChI is InChI=1S/C35H34N4O7S/c1-21(33(41)37-25-15-13-23(14-16-25)32(36)40)47-27-12-8-11-26(20-27)38-35(43)28(39-34(42)24-9-6-5-7-10-24)17-22-18-29(44-2)31(46-4)30(19-22)45-3/h5-21H,1-4H3,(H2,36,40)(H,37,41)(H,38,43)(H,39,42)/b28-17+. The van der Waals surface area contributed by atoms with Crippen LogP contribution in [0.15, 0.2) is 102 Å². The molecule has 5 N–H and O–H groups in total. The molecular weight excluding hydrogens is 620 g/mol. The number of amides is 4. The molecule has 0 spiro atoms. The van der Waals surface area contributed by atoms with Gasteiger partial charge in [0.1, 0.15) is 5.70 Å². The van der Waals surface area contributed by atoms with E-state index in [2.05, 4.69) is 16.0 Å². The van der Waals surface area contributed by atoms with Gasteiger partial charge in [-0.15, -0.1) is 11.8 Å². The molecule has 1 unspecified atom stereocenters. The summed E-state index contributed by atoms with van der Waals surface area (Å²) in [7, 11) is 4.45. The minimum atomic E-state index is -0.588. The largest absolute Gasteiger partial charge is 0.493 e. The summed E-state index contributed by atoms with van der Waals surface area (Å²) in [6.07, 6.45) is 1.50. The first-order valence-electron chi connectivity index (χ1n) is 14.3. The van der Waals surface area contributed by atoms with Gasteiger partial charge in [-0.05, 0) is 85.3 Å². The Kier molecular flexibility index (Phi) is 11.6. The van der Waals surface area contributed by atoms with E-state index in [0.717, 1.165) is 4.90 Å². The maximum atomic E-state index is 13.6. The summed E-state index contributed by atoms with van der Waals surface area (Å²) in [5, 5.41) is 7.86. The lowest BCUT2D eigenvalue weighted by Crippen LogP contribution is -2.30. The highest BCUT2D eigenvalue weighted by Gasteiger charge is 2.19. The molecule has 0 aromatic heterocycles. The zero-order valence-corrected chi connectivity index (χ0v) is 27.0. The number of thioether (sulfide) groups is 1. The lowest BCUT2D eigenvalue weighted by atomic mass is 10.1. The summed E-state index contributed by atoms with van der Waals surface area (Å²) in [6.45, 7) is 1.75. The molecule has 12 heteroatoms. The minimum Gasteiger partial charge on any atom is -0.493 e. The van der Waals surface area contributed by atoms with Crippen LogP contribution in [-0.4, -0.2) is 50.2 Å². The number of carbonyl (C=O) groups is 4. The van der Waals surface area contributed by atoms with E-state index in [0.29, 0.717) is 45.3 Å². The van der Waals surface area contributed by atoms with E-state index in [1.54, 1.807) is 79.7 Å². The predicted octanol–water partition coefficient (Wildman–Crippen LogP) is 5.34. The van der Waals surface area contributed by atoms with Crippen LogP contribution in [0.4, 0.5) is 11.4 Å². The number of nitrogens with one attached hydrogen (secondary N) is 3. The monoisotopic (exact) mass is 654 g/mol. The Hall–Kier alpha value is -5.75. The maximum absolute atomic E-state index is 13.6. The SMILES string of the molecule is COc1cc(/C=C(/NC(=O)c2ccccc2)C(=O)Nc2cccc(SC(C)C(=O)Nc3ccc(C(N)=O)cc3)c2)cc(OC)c1OC. The topological polar surface area (TPSA) is 158 Å². The number of ether oxygens (including phenoxy) is 3. The zero-order chi connectivity index (χ0) is 33.9. The van der Waals surface area contributed by atoms with Crippen molar-refractivity contribution in [2.24, 2.45) is 5.73 Å². The molecule has 0 fully saturated rings. The van der Waals surface area contributed by atoms with Crippen molar-refractivity contribution < 1.29 is 33.4 Å². The van der Waals surface area contributed by atoms with Crippen molar-refractivity contribution in [3.63, 3.8) is 0 Å². The number of hydrogen-bond acceptors (Lipinski definition) is 8. The molecule has 47 heavy (non-hydrogen) atoms. The molecule has 4 aromatic carbocycles. The second-order valence-electron chi connectivity index (χ2n) is 10.0. The Morgan fingerprint density at radius 2 is 1.40 bits per heavy atom. The number of nitrogens with two attached hydrogens (primary N) is 1. The molecule has 0 saturated heterocycles. The van der Waals surface area contributed by atoms with Gasteiger partial charge in [-0.25, -0.2) is 0 Å². The van der Waals surface area contributed by atoms with Crippen LogP contribution in [0.25, 0.3) is 6.08 Å². The van der Waals surface area contributed by atoms with Crippen LogP contribution in [-0.2, 0) is 9.59 Å². The van der Waals surface area contributed by atoms with Gasteiger partial charge in [0.05, 0.1) is 26.6 Å². The van der Waals surface area contributed by atoms with Crippen LogP contribution in [0.2, 0.25) is 0 Å². The number of carbonyl (C=O) groups excluding carboxylic acids is 4. The Morgan fingerprint density at radius 1 is 0.745 bits per heavy atom. The Labute approximate surface area is 276 Å². The van der Waals surface area contributed by atoms with Crippen LogP contribution in [0.1, 0.15) is 33.2 Å². The van der Waals surface area contributed by atoms with Gasteiger partial charge in [-0.1, -0.05) is 24.3 Å². The van der Waals surface area contributed by atoms with Gasteiger partial charge in [0, 0.05) is 27.4 Å². The van der Waals surface area contributed by atoms with Gasteiger partial charge in [0.15, 0.2) is 11.5 Å². The molecule has 0 aliphatic rings. The quantitative estimate of drug-likeness (QED) is 0.111. The van der Waals surface area contributed by atoms with E-state index < -0.39 is 23.0 Å². The molecule has 1 atom stereocenters. The van der Waals surface area contributed by atoms with Gasteiger partial charge in [-0.3, -0.25) is 19.2 Å². The fourth-order valence-corrected chi connectivity index (χ4v) is 5.29. The third-order valence-corrected chi connectivity index (χ3v) is 7.83. The predicted molar refractivity (Wildman–Crippen MR) is 182 cm³/mol. The second kappa shape index (κ2) is 16.0. The number of methoxy groups -OCH3 is 3. The average Bonchev–Trinajstić information content (AvgIpc) is 3.08. The fraction of sp³-hybridized carbons (Fsp3) is 0.143. The highest BCUT2D eigenvalue weighted by atomic mass is 32.2. The number of hydrogen-bond donors (Lipinski definition) is 4. The number of rotatable bonds is 13. The summed E-state index contributed by atoms with van der Waals surface area (Å²) in [6, 6.07) is 25.1. The van der Waals surface area contributed by atoms with E-state index >= 15 is 0 Å². The van der Waals surface area contributed by atoms with Gasteiger partial charge in [-0.2, -0.15) is 0 Å². The number of benzene rings is 4. The van der Waals surface area contributed by atoms with E-state index in [-0.39, 0.29) is 11.6 Å². The van der Waals surface area contributed by atoms with E-state index in [1.807, 2.05) is 6.07 Å². The highest BCUT2D eigenvalue weighted by molar-refractivity contribution is 8.00. The minimum absolute atomic E-state index is 0.0405. The Balaban J connectivity index is 1.54. The van der Waals surface area contributed by atoms with E-state index in [9.17, 15) is 19.2 Å². The summed E-state index contributed by atoms with van der Waals surface area (Å²) in [5.41, 5.74) is 7.42. The van der Waals surface area contributed by atoms with Crippen molar-refractivity contribution in [2.45, 2.75) is 17.1 Å². The van der Waals surface area contributed by atoms with Crippen LogP contribution < -0.4 is 35.9 Å². The van der Waals surface area contributed by atoms with E-state index in [4.69, 9.17) is 19.9 Å². The highest BCUT2D eigenvalue weighted by Crippen LogP contribution is 2.38. The maximum Gasteiger partial charge on any atom is 0.272 e. The first kappa shape index (κ1) is 34.1. The smallest absolute Gasteiger partial charge is 0.272 e. The Bertz CT molecular complexity index is 1770. The van der Waals surface area contributed by atoms with Crippen LogP contribution in [0.5, 0.6) is 17.2 Å². The molecule has 0 aliphatic heterocycles. The first-order chi connectivity index (χ1) is 22.6. The molecule has 4 rings (SSSR count).